The summed E-state index contributed by atoms with van der Waals surface area (Å²) in [6.07, 6.45) is 2.70. The van der Waals surface area contributed by atoms with E-state index in [1.807, 2.05) is 41.4 Å². The van der Waals surface area contributed by atoms with Crippen molar-refractivity contribution in [1.29, 1.82) is 0 Å². The maximum atomic E-state index is 12.2. The average molecular weight is 375 g/mol. The van der Waals surface area contributed by atoms with Crippen LogP contribution in [0.2, 0.25) is 0 Å². The molecule has 0 saturated heterocycles. The molecule has 0 radical (unpaired) electrons. The Morgan fingerprint density at radius 2 is 1.77 bits per heavy atom. The Morgan fingerprint density at radius 3 is 2.38 bits per heavy atom. The van der Waals surface area contributed by atoms with Crippen LogP contribution in [0, 0.1) is 24.0 Å². The molecule has 8 nitrogen and oxygen atoms in total. The molecule has 2 N–H and O–H groups in total. The van der Waals surface area contributed by atoms with Gasteiger partial charge < -0.3 is 0 Å². The number of aryl methyl sites for hydroxylation is 2. The van der Waals surface area contributed by atoms with E-state index in [9.17, 15) is 23.3 Å². The molecule has 0 saturated carbocycles. The predicted octanol–water partition coefficient (Wildman–Crippen LogP) is 2.23. The van der Waals surface area contributed by atoms with Crippen molar-refractivity contribution < 1.29 is 18.1 Å². The first-order chi connectivity index (χ1) is 12.2. The highest BCUT2D eigenvalue weighted by molar-refractivity contribution is 7.89. The van der Waals surface area contributed by atoms with Crippen molar-refractivity contribution in [2.75, 3.05) is 0 Å². The Bertz CT molecular complexity index is 966. The van der Waals surface area contributed by atoms with E-state index in [4.69, 9.17) is 0 Å². The van der Waals surface area contributed by atoms with Crippen LogP contribution in [0.4, 0.5) is 5.69 Å². The molecule has 2 rings (SSSR count). The van der Waals surface area contributed by atoms with Gasteiger partial charge in [-0.15, -0.1) is 4.83 Å². The van der Waals surface area contributed by atoms with Crippen molar-refractivity contribution in [2.24, 2.45) is 0 Å². The van der Waals surface area contributed by atoms with Gasteiger partial charge >= 0.3 is 0 Å². The largest absolute Gasteiger partial charge is 0.274 e. The van der Waals surface area contributed by atoms with Crippen LogP contribution in [0.25, 0.3) is 6.08 Å². The molecule has 0 atom stereocenters. The van der Waals surface area contributed by atoms with E-state index in [-0.39, 0.29) is 10.6 Å². The number of nitro groups is 1. The molecule has 9 heteroatoms. The van der Waals surface area contributed by atoms with E-state index in [1.54, 1.807) is 0 Å². The molecule has 0 fully saturated rings. The Balaban J connectivity index is 2.05. The highest BCUT2D eigenvalue weighted by atomic mass is 32.2. The summed E-state index contributed by atoms with van der Waals surface area (Å²) in [5.74, 6) is -0.684. The average Bonchev–Trinajstić information content (AvgIpc) is 2.59. The zero-order valence-corrected chi connectivity index (χ0v) is 14.9. The van der Waals surface area contributed by atoms with Gasteiger partial charge in [0.2, 0.25) is 0 Å². The first-order valence-electron chi connectivity index (χ1n) is 7.50. The van der Waals surface area contributed by atoms with Gasteiger partial charge in [0.1, 0.15) is 0 Å². The highest BCUT2D eigenvalue weighted by Gasteiger charge is 2.20. The van der Waals surface area contributed by atoms with Gasteiger partial charge in [0.15, 0.2) is 0 Å². The Hall–Kier alpha value is -3.04. The van der Waals surface area contributed by atoms with Gasteiger partial charge in [0.05, 0.1) is 9.82 Å². The topological polar surface area (TPSA) is 118 Å². The molecule has 0 spiro atoms. The van der Waals surface area contributed by atoms with E-state index in [1.165, 1.54) is 31.2 Å². The van der Waals surface area contributed by atoms with Crippen molar-refractivity contribution >= 4 is 27.7 Å². The molecule has 0 aromatic heterocycles. The normalized spacial score (nSPS) is 11.5. The summed E-state index contributed by atoms with van der Waals surface area (Å²) in [5, 5.41) is 10.9. The Morgan fingerprint density at radius 1 is 1.12 bits per heavy atom. The Labute approximate surface area is 150 Å². The standard InChI is InChI=1S/C17H17N3O5S/c1-12-3-6-14(7-4-12)8-10-17(21)18-19-26(24,25)15-9-5-13(2)16(11-15)20(22)23/h3-11,19H,1-2H3,(H,18,21)/b10-8+. The lowest BCUT2D eigenvalue weighted by atomic mass is 10.1. The fourth-order valence-electron chi connectivity index (χ4n) is 2.02. The summed E-state index contributed by atoms with van der Waals surface area (Å²) in [4.78, 5) is 23.6. The summed E-state index contributed by atoms with van der Waals surface area (Å²) in [7, 11) is -4.14. The number of hydrazine groups is 1. The SMILES string of the molecule is Cc1ccc(/C=C/C(=O)NNS(=O)(=O)c2ccc(C)c([N+](=O)[O-])c2)cc1. The molecule has 1 amide bonds. The second-order valence-corrected chi connectivity index (χ2v) is 7.23. The van der Waals surface area contributed by atoms with Crippen LogP contribution in [0.1, 0.15) is 16.7 Å². The van der Waals surface area contributed by atoms with E-state index in [0.29, 0.717) is 5.56 Å². The molecule has 0 bridgehead atoms. The third kappa shape index (κ3) is 4.98. The molecule has 2 aromatic carbocycles. The summed E-state index contributed by atoms with van der Waals surface area (Å²) in [6, 6.07) is 10.9. The number of sulfonamides is 1. The fourth-order valence-corrected chi connectivity index (χ4v) is 2.89. The van der Waals surface area contributed by atoms with Crippen molar-refractivity contribution in [3.63, 3.8) is 0 Å². The van der Waals surface area contributed by atoms with Crippen molar-refractivity contribution in [3.8, 4) is 0 Å². The number of amides is 1. The van der Waals surface area contributed by atoms with Gasteiger partial charge in [0, 0.05) is 17.7 Å². The van der Waals surface area contributed by atoms with Crippen LogP contribution in [0.5, 0.6) is 0 Å². The molecule has 0 aliphatic heterocycles. The van der Waals surface area contributed by atoms with Crippen molar-refractivity contribution in [1.82, 2.24) is 10.3 Å². The number of rotatable bonds is 6. The molecule has 0 unspecified atom stereocenters. The fraction of sp³-hybridized carbons (Fsp3) is 0.118. The third-order valence-electron chi connectivity index (χ3n) is 3.50. The first-order valence-corrected chi connectivity index (χ1v) is 8.99. The van der Waals surface area contributed by atoms with Gasteiger partial charge in [0.25, 0.3) is 21.6 Å². The third-order valence-corrected chi connectivity index (χ3v) is 4.75. The molecular formula is C17H17N3O5S. The van der Waals surface area contributed by atoms with Gasteiger partial charge in [-0.25, -0.2) is 8.42 Å². The van der Waals surface area contributed by atoms with Gasteiger partial charge in [-0.2, -0.15) is 0 Å². The van der Waals surface area contributed by atoms with Crippen LogP contribution in [-0.4, -0.2) is 19.2 Å². The number of nitrogens with zero attached hydrogens (tertiary/aromatic N) is 1. The zero-order valence-electron chi connectivity index (χ0n) is 14.1. The van der Waals surface area contributed by atoms with E-state index >= 15 is 0 Å². The number of carbonyl (C=O) groups is 1. The summed E-state index contributed by atoms with van der Waals surface area (Å²) < 4.78 is 24.3. The monoisotopic (exact) mass is 375 g/mol. The second kappa shape index (κ2) is 7.89. The second-order valence-electron chi connectivity index (χ2n) is 5.54. The minimum atomic E-state index is -4.14. The molecule has 2 aromatic rings. The molecule has 136 valence electrons. The maximum absolute atomic E-state index is 12.2. The van der Waals surface area contributed by atoms with Crippen LogP contribution in [0.3, 0.4) is 0 Å². The molecule has 0 aliphatic rings. The summed E-state index contributed by atoms with van der Waals surface area (Å²) >= 11 is 0. The number of hydrogen-bond acceptors (Lipinski definition) is 5. The van der Waals surface area contributed by atoms with E-state index < -0.39 is 20.9 Å². The molecule has 26 heavy (non-hydrogen) atoms. The lowest BCUT2D eigenvalue weighted by molar-refractivity contribution is -0.385. The Kier molecular flexibility index (Phi) is 5.86. The maximum Gasteiger partial charge on any atom is 0.273 e. The van der Waals surface area contributed by atoms with Crippen molar-refractivity contribution in [2.45, 2.75) is 18.7 Å². The van der Waals surface area contributed by atoms with Gasteiger partial charge in [-0.05, 0) is 31.6 Å². The summed E-state index contributed by atoms with van der Waals surface area (Å²) in [6.45, 7) is 3.43. The minimum absolute atomic E-state index is 0.321. The van der Waals surface area contributed by atoms with Crippen LogP contribution < -0.4 is 10.3 Å². The quantitative estimate of drug-likeness (QED) is 0.456. The zero-order chi connectivity index (χ0) is 19.3. The van der Waals surface area contributed by atoms with Gasteiger partial charge in [-0.3, -0.25) is 20.3 Å². The number of hydrogen-bond donors (Lipinski definition) is 2. The van der Waals surface area contributed by atoms with Gasteiger partial charge in [-0.1, -0.05) is 35.9 Å². The van der Waals surface area contributed by atoms with Crippen LogP contribution in [0.15, 0.2) is 53.4 Å². The smallest absolute Gasteiger partial charge is 0.273 e. The number of nitrogens with one attached hydrogen (secondary N) is 2. The van der Waals surface area contributed by atoms with Crippen LogP contribution in [-0.2, 0) is 14.8 Å². The highest BCUT2D eigenvalue weighted by Crippen LogP contribution is 2.21. The number of carbonyl (C=O) groups excluding carboxylic acids is 1. The number of benzene rings is 2. The van der Waals surface area contributed by atoms with E-state index in [2.05, 4.69) is 0 Å². The predicted molar refractivity (Wildman–Crippen MR) is 96.5 cm³/mol. The molecular weight excluding hydrogens is 358 g/mol. The first kappa shape index (κ1) is 19.3. The van der Waals surface area contributed by atoms with E-state index in [0.717, 1.165) is 17.2 Å². The molecule has 0 aliphatic carbocycles. The number of nitro benzene ring substituents is 1. The lowest BCUT2D eigenvalue weighted by Crippen LogP contribution is -2.40. The van der Waals surface area contributed by atoms with Crippen molar-refractivity contribution in [3.05, 3.63) is 75.3 Å². The minimum Gasteiger partial charge on any atom is -0.274 e. The molecule has 0 heterocycles. The lowest BCUT2D eigenvalue weighted by Gasteiger charge is -2.07. The van der Waals surface area contributed by atoms with Crippen LogP contribution >= 0.6 is 0 Å². The summed E-state index contributed by atoms with van der Waals surface area (Å²) in [5.41, 5.74) is 3.90.